The number of Topliss-reactive ketones (excluding diaryl/α,β-unsaturated/α-hetero) is 1. The summed E-state index contributed by atoms with van der Waals surface area (Å²) in [5.74, 6) is -0.712. The topological polar surface area (TPSA) is 98.0 Å². The van der Waals surface area contributed by atoms with Crippen LogP contribution in [-0.2, 0) is 14.3 Å². The van der Waals surface area contributed by atoms with Crippen LogP contribution in [0.4, 0.5) is 0 Å². The fraction of sp³-hybridized carbons (Fsp3) is 0.333. The molecule has 0 amide bonds. The van der Waals surface area contributed by atoms with E-state index in [1.54, 1.807) is 38.3 Å². The number of benzene rings is 1. The average Bonchev–Trinajstić information content (AvgIpc) is 3.29. The summed E-state index contributed by atoms with van der Waals surface area (Å²) in [5.41, 5.74) is 2.72. The van der Waals surface area contributed by atoms with Crippen LogP contribution in [0, 0.1) is 0 Å². The minimum atomic E-state index is -0.706. The fourth-order valence-electron chi connectivity index (χ4n) is 4.49. The Balaban J connectivity index is 1.87. The third-order valence-electron chi connectivity index (χ3n) is 5.87. The molecule has 8 heteroatoms. The molecule has 0 bridgehead atoms. The van der Waals surface area contributed by atoms with Crippen molar-refractivity contribution < 1.29 is 28.6 Å². The van der Waals surface area contributed by atoms with Crippen molar-refractivity contribution in [3.63, 3.8) is 0 Å². The van der Waals surface area contributed by atoms with Crippen molar-refractivity contribution in [3.05, 3.63) is 69.4 Å². The number of allylic oxidation sites excluding steroid dienone is 3. The zero-order valence-corrected chi connectivity index (χ0v) is 18.8. The zero-order chi connectivity index (χ0) is 23.0. The van der Waals surface area contributed by atoms with Gasteiger partial charge in [-0.1, -0.05) is 11.6 Å². The molecule has 168 valence electrons. The van der Waals surface area contributed by atoms with Crippen LogP contribution in [0.15, 0.2) is 57.5 Å². The summed E-state index contributed by atoms with van der Waals surface area (Å²) in [6.07, 6.45) is 2.40. The predicted octanol–water partition coefficient (Wildman–Crippen LogP) is 4.57. The van der Waals surface area contributed by atoms with Crippen LogP contribution in [0.2, 0.25) is 5.02 Å². The van der Waals surface area contributed by atoms with Gasteiger partial charge in [0.1, 0.15) is 5.76 Å². The standard InChI is InChI=1S/C24H24ClNO6/c1-4-31-24(29)20-12(2)26-16-9-13(18-6-5-7-32-18)10-17(27)22(16)21(20)14-8-15(25)23(28)19(11-14)30-3/h5-8,11,13,21,26,28H,4,9-10H2,1-3H3/t13-,21-/m0/s1. The largest absolute Gasteiger partial charge is 0.503 e. The Morgan fingerprint density at radius 1 is 1.34 bits per heavy atom. The highest BCUT2D eigenvalue weighted by atomic mass is 35.5. The highest BCUT2D eigenvalue weighted by Gasteiger charge is 2.42. The van der Waals surface area contributed by atoms with Crippen LogP contribution in [0.3, 0.4) is 0 Å². The van der Waals surface area contributed by atoms with Crippen molar-refractivity contribution in [2.24, 2.45) is 0 Å². The molecular formula is C24H24ClNO6. The van der Waals surface area contributed by atoms with E-state index in [9.17, 15) is 14.7 Å². The maximum atomic E-state index is 13.4. The summed E-state index contributed by atoms with van der Waals surface area (Å²) in [6.45, 7) is 3.70. The number of dihydropyridines is 1. The third-order valence-corrected chi connectivity index (χ3v) is 6.16. The van der Waals surface area contributed by atoms with Gasteiger partial charge in [-0.3, -0.25) is 4.79 Å². The van der Waals surface area contributed by atoms with Crippen LogP contribution in [0.1, 0.15) is 49.8 Å². The van der Waals surface area contributed by atoms with Crippen molar-refractivity contribution >= 4 is 23.4 Å². The lowest BCUT2D eigenvalue weighted by atomic mass is 9.72. The van der Waals surface area contributed by atoms with Crippen LogP contribution in [0.25, 0.3) is 0 Å². The Morgan fingerprint density at radius 3 is 2.78 bits per heavy atom. The number of rotatable bonds is 5. The molecule has 2 aliphatic rings. The van der Waals surface area contributed by atoms with E-state index in [2.05, 4.69) is 5.32 Å². The van der Waals surface area contributed by atoms with Crippen LogP contribution < -0.4 is 10.1 Å². The molecule has 0 saturated heterocycles. The maximum absolute atomic E-state index is 13.4. The SMILES string of the molecule is CCOC(=O)C1=C(C)NC2=C(C(=O)C[C@@H](c3ccco3)C2)[C@H]1c1cc(Cl)c(O)c(OC)c1. The number of halogens is 1. The molecule has 2 heterocycles. The Hall–Kier alpha value is -3.19. The van der Waals surface area contributed by atoms with Gasteiger partial charge in [-0.2, -0.15) is 0 Å². The molecule has 1 aliphatic carbocycles. The van der Waals surface area contributed by atoms with E-state index in [1.165, 1.54) is 7.11 Å². The molecule has 0 radical (unpaired) electrons. The number of esters is 1. The van der Waals surface area contributed by atoms with Gasteiger partial charge in [-0.05, 0) is 50.1 Å². The molecule has 0 unspecified atom stereocenters. The Morgan fingerprint density at radius 2 is 2.12 bits per heavy atom. The summed E-state index contributed by atoms with van der Waals surface area (Å²) in [5, 5.41) is 13.5. The normalized spacial score (nSPS) is 20.7. The van der Waals surface area contributed by atoms with Gasteiger partial charge in [0.15, 0.2) is 17.3 Å². The fourth-order valence-corrected chi connectivity index (χ4v) is 4.71. The summed E-state index contributed by atoms with van der Waals surface area (Å²) in [6, 6.07) is 6.81. The third kappa shape index (κ3) is 3.77. The van der Waals surface area contributed by atoms with Gasteiger partial charge in [0, 0.05) is 35.2 Å². The van der Waals surface area contributed by atoms with E-state index >= 15 is 0 Å². The van der Waals surface area contributed by atoms with Crippen LogP contribution >= 0.6 is 11.6 Å². The monoisotopic (exact) mass is 457 g/mol. The first-order valence-corrected chi connectivity index (χ1v) is 10.7. The van der Waals surface area contributed by atoms with Gasteiger partial charge in [0.25, 0.3) is 0 Å². The second kappa shape index (κ2) is 8.74. The second-order valence-corrected chi connectivity index (χ2v) is 8.21. The Bertz CT molecular complexity index is 1130. The average molecular weight is 458 g/mol. The van der Waals surface area contributed by atoms with Gasteiger partial charge < -0.3 is 24.3 Å². The number of furan rings is 1. The number of phenolic OH excluding ortho intramolecular Hbond substituents is 1. The number of hydrogen-bond acceptors (Lipinski definition) is 7. The number of aromatic hydroxyl groups is 1. The van der Waals surface area contributed by atoms with E-state index < -0.39 is 11.9 Å². The molecule has 0 saturated carbocycles. The predicted molar refractivity (Wildman–Crippen MR) is 118 cm³/mol. The number of phenols is 1. The highest BCUT2D eigenvalue weighted by molar-refractivity contribution is 6.32. The molecule has 0 spiro atoms. The maximum Gasteiger partial charge on any atom is 0.336 e. The van der Waals surface area contributed by atoms with Crippen molar-refractivity contribution in [2.45, 2.75) is 38.5 Å². The molecule has 2 N–H and O–H groups in total. The Labute approximate surface area is 190 Å². The summed E-state index contributed by atoms with van der Waals surface area (Å²) in [7, 11) is 1.41. The molecule has 4 rings (SSSR count). The lowest BCUT2D eigenvalue weighted by molar-refractivity contribution is -0.138. The van der Waals surface area contributed by atoms with Crippen LogP contribution in [-0.4, -0.2) is 30.6 Å². The van der Waals surface area contributed by atoms with Gasteiger partial charge >= 0.3 is 5.97 Å². The van der Waals surface area contributed by atoms with E-state index in [1.807, 2.05) is 6.07 Å². The number of carbonyl (C=O) groups is 2. The molecule has 1 aliphatic heterocycles. The summed E-state index contributed by atoms with van der Waals surface area (Å²) >= 11 is 6.25. The van der Waals surface area contributed by atoms with Gasteiger partial charge in [-0.15, -0.1) is 0 Å². The van der Waals surface area contributed by atoms with Crippen molar-refractivity contribution in [2.75, 3.05) is 13.7 Å². The number of ether oxygens (including phenoxy) is 2. The van der Waals surface area contributed by atoms with E-state index in [0.717, 1.165) is 11.5 Å². The van der Waals surface area contributed by atoms with Crippen molar-refractivity contribution in [3.8, 4) is 11.5 Å². The molecule has 7 nitrogen and oxygen atoms in total. The summed E-state index contributed by atoms with van der Waals surface area (Å²) in [4.78, 5) is 26.4. The van der Waals surface area contributed by atoms with Crippen molar-refractivity contribution in [1.29, 1.82) is 0 Å². The zero-order valence-electron chi connectivity index (χ0n) is 18.0. The highest BCUT2D eigenvalue weighted by Crippen LogP contribution is 2.48. The number of hydrogen-bond donors (Lipinski definition) is 2. The number of carbonyl (C=O) groups excluding carboxylic acids is 2. The van der Waals surface area contributed by atoms with E-state index in [-0.39, 0.29) is 41.3 Å². The first kappa shape index (κ1) is 22.0. The molecular weight excluding hydrogens is 434 g/mol. The molecule has 2 aromatic rings. The number of methoxy groups -OCH3 is 1. The smallest absolute Gasteiger partial charge is 0.336 e. The number of ketones is 1. The quantitative estimate of drug-likeness (QED) is 0.634. The lowest BCUT2D eigenvalue weighted by Gasteiger charge is -2.36. The van der Waals surface area contributed by atoms with Gasteiger partial charge in [-0.25, -0.2) is 4.79 Å². The first-order valence-electron chi connectivity index (χ1n) is 10.4. The molecule has 0 fully saturated rings. The first-order chi connectivity index (χ1) is 15.3. The van der Waals surface area contributed by atoms with Gasteiger partial charge in [0.2, 0.25) is 0 Å². The van der Waals surface area contributed by atoms with Crippen molar-refractivity contribution in [1.82, 2.24) is 5.32 Å². The minimum absolute atomic E-state index is 0.0672. The molecule has 32 heavy (non-hydrogen) atoms. The summed E-state index contributed by atoms with van der Waals surface area (Å²) < 4.78 is 16.1. The second-order valence-electron chi connectivity index (χ2n) is 7.81. The minimum Gasteiger partial charge on any atom is -0.503 e. The molecule has 1 aromatic carbocycles. The molecule has 2 atom stereocenters. The molecule has 1 aromatic heterocycles. The van der Waals surface area contributed by atoms with Gasteiger partial charge in [0.05, 0.1) is 30.6 Å². The van der Waals surface area contributed by atoms with E-state index in [4.69, 9.17) is 25.5 Å². The lowest BCUT2D eigenvalue weighted by Crippen LogP contribution is -2.36. The van der Waals surface area contributed by atoms with Crippen LogP contribution in [0.5, 0.6) is 11.5 Å². The van der Waals surface area contributed by atoms with E-state index in [0.29, 0.717) is 28.8 Å². The number of nitrogens with one attached hydrogen (secondary N) is 1. The Kier molecular flexibility index (Phi) is 6.02.